The van der Waals surface area contributed by atoms with Gasteiger partial charge in [0, 0.05) is 31.5 Å². The number of hydrogen-bond acceptors (Lipinski definition) is 4. The summed E-state index contributed by atoms with van der Waals surface area (Å²) in [5.74, 6) is -3.10. The molecule has 1 atom stereocenters. The van der Waals surface area contributed by atoms with Crippen LogP contribution in [0, 0.1) is 18.6 Å². The molecule has 2 heterocycles. The zero-order chi connectivity index (χ0) is 23.3. The fourth-order valence-electron chi connectivity index (χ4n) is 4.43. The first-order chi connectivity index (χ1) is 15.8. The lowest BCUT2D eigenvalue weighted by Gasteiger charge is -2.22. The number of carboxylic acid groups (broad SMARTS) is 1. The Morgan fingerprint density at radius 3 is 2.58 bits per heavy atom. The molecule has 0 radical (unpaired) electrons. The first-order valence-electron chi connectivity index (χ1n) is 11.0. The van der Waals surface area contributed by atoms with Crippen LogP contribution in [0.4, 0.5) is 14.5 Å². The van der Waals surface area contributed by atoms with E-state index in [9.17, 15) is 14.7 Å². The van der Waals surface area contributed by atoms with Crippen molar-refractivity contribution in [1.82, 2.24) is 4.57 Å². The molecule has 3 aromatic rings. The molecule has 8 heteroatoms. The molecule has 1 aliphatic heterocycles. The summed E-state index contributed by atoms with van der Waals surface area (Å²) in [7, 11) is 0. The van der Waals surface area contributed by atoms with Crippen LogP contribution in [0.15, 0.2) is 46.3 Å². The van der Waals surface area contributed by atoms with Crippen molar-refractivity contribution in [2.75, 3.05) is 18.0 Å². The molecule has 1 unspecified atom stereocenters. The second kappa shape index (κ2) is 8.10. The number of aryl methyl sites for hydroxylation is 1. The molecule has 1 aromatic heterocycles. The van der Waals surface area contributed by atoms with Gasteiger partial charge in [0.05, 0.1) is 16.9 Å². The van der Waals surface area contributed by atoms with Crippen molar-refractivity contribution in [3.8, 4) is 0 Å². The lowest BCUT2D eigenvalue weighted by Crippen LogP contribution is -2.25. The van der Waals surface area contributed by atoms with Gasteiger partial charge >= 0.3 is 5.97 Å². The molecule has 6 nitrogen and oxygen atoms in total. The molecule has 5 rings (SSSR count). The summed E-state index contributed by atoms with van der Waals surface area (Å²) in [6, 6.07) is 8.71. The average Bonchev–Trinajstić information content (AvgIpc) is 3.52. The van der Waals surface area contributed by atoms with E-state index in [-0.39, 0.29) is 28.7 Å². The van der Waals surface area contributed by atoms with Gasteiger partial charge in [-0.2, -0.15) is 0 Å². The summed E-state index contributed by atoms with van der Waals surface area (Å²) >= 11 is 0. The molecular weight excluding hydrogens is 428 g/mol. The van der Waals surface area contributed by atoms with Crippen molar-refractivity contribution in [3.05, 3.63) is 75.1 Å². The Hall–Kier alpha value is -3.55. The molecule has 0 spiro atoms. The molecule has 0 bridgehead atoms. The molecular formula is C25H23F2N3O3. The molecule has 1 aliphatic carbocycles. The zero-order valence-corrected chi connectivity index (χ0v) is 18.1. The van der Waals surface area contributed by atoms with Gasteiger partial charge in [0.2, 0.25) is 5.43 Å². The molecule has 0 amide bonds. The van der Waals surface area contributed by atoms with E-state index in [1.54, 1.807) is 11.1 Å². The second-order valence-electron chi connectivity index (χ2n) is 8.81. The van der Waals surface area contributed by atoms with Gasteiger partial charge in [-0.3, -0.25) is 9.79 Å². The number of aromatic carboxylic acids is 1. The molecule has 2 aromatic carbocycles. The van der Waals surface area contributed by atoms with Crippen molar-refractivity contribution in [2.24, 2.45) is 4.99 Å². The number of fused-ring (bicyclic) bond motifs is 1. The normalized spacial score (nSPS) is 18.5. The van der Waals surface area contributed by atoms with Gasteiger partial charge in [-0.25, -0.2) is 13.6 Å². The minimum atomic E-state index is -1.41. The standard InChI is InChI=1S/C25H23F2N3O3/c1-14-2-4-15(5-3-14)11-28-16-8-9-29(12-16)23-20(26)10-18-22(21(23)27)30(17-6-7-17)13-19(24(18)31)25(32)33/h2-5,10-11,13,16-17H,6-9,12H2,1H3,(H,32,33). The van der Waals surface area contributed by atoms with Crippen LogP contribution in [0.2, 0.25) is 0 Å². The quantitative estimate of drug-likeness (QED) is 0.587. The predicted octanol–water partition coefficient (Wildman–Crippen LogP) is 4.32. The first-order valence-corrected chi connectivity index (χ1v) is 11.0. The number of rotatable bonds is 5. The topological polar surface area (TPSA) is 74.9 Å². The molecule has 1 saturated heterocycles. The lowest BCUT2D eigenvalue weighted by molar-refractivity contribution is 0.0694. The van der Waals surface area contributed by atoms with E-state index in [0.717, 1.165) is 30.0 Å². The Morgan fingerprint density at radius 2 is 1.91 bits per heavy atom. The van der Waals surface area contributed by atoms with Gasteiger partial charge in [0.15, 0.2) is 5.82 Å². The number of carboxylic acids is 1. The van der Waals surface area contributed by atoms with Crippen LogP contribution in [0.5, 0.6) is 0 Å². The van der Waals surface area contributed by atoms with Crippen molar-refractivity contribution >= 4 is 28.8 Å². The third kappa shape index (κ3) is 3.90. The highest BCUT2D eigenvalue weighted by Crippen LogP contribution is 2.40. The monoisotopic (exact) mass is 451 g/mol. The Bertz CT molecular complexity index is 1340. The van der Waals surface area contributed by atoms with Gasteiger partial charge in [-0.1, -0.05) is 29.8 Å². The Balaban J connectivity index is 1.51. The number of pyridine rings is 1. The van der Waals surface area contributed by atoms with E-state index < -0.39 is 28.6 Å². The predicted molar refractivity (Wildman–Crippen MR) is 123 cm³/mol. The van der Waals surface area contributed by atoms with E-state index in [2.05, 4.69) is 4.99 Å². The zero-order valence-electron chi connectivity index (χ0n) is 18.1. The molecule has 1 N–H and O–H groups in total. The maximum Gasteiger partial charge on any atom is 0.341 e. The maximum absolute atomic E-state index is 15.7. The van der Waals surface area contributed by atoms with E-state index in [0.29, 0.717) is 19.5 Å². The fraction of sp³-hybridized carbons (Fsp3) is 0.320. The van der Waals surface area contributed by atoms with Crippen LogP contribution in [-0.2, 0) is 0 Å². The second-order valence-corrected chi connectivity index (χ2v) is 8.81. The van der Waals surface area contributed by atoms with E-state index in [4.69, 9.17) is 0 Å². The van der Waals surface area contributed by atoms with E-state index in [1.807, 2.05) is 31.2 Å². The summed E-state index contributed by atoms with van der Waals surface area (Å²) in [5.41, 5.74) is 0.544. The van der Waals surface area contributed by atoms with Gasteiger partial charge in [0.25, 0.3) is 0 Å². The maximum atomic E-state index is 15.7. The summed E-state index contributed by atoms with van der Waals surface area (Å²) in [5, 5.41) is 9.13. The lowest BCUT2D eigenvalue weighted by atomic mass is 10.1. The molecule has 1 saturated carbocycles. The third-order valence-corrected chi connectivity index (χ3v) is 6.35. The van der Waals surface area contributed by atoms with Crippen LogP contribution >= 0.6 is 0 Å². The van der Waals surface area contributed by atoms with Gasteiger partial charge in [0.1, 0.15) is 17.1 Å². The van der Waals surface area contributed by atoms with Crippen molar-refractivity contribution in [2.45, 2.75) is 38.3 Å². The summed E-state index contributed by atoms with van der Waals surface area (Å²) in [6.45, 7) is 2.78. The number of anilines is 1. The molecule has 170 valence electrons. The number of aromatic nitrogens is 1. The van der Waals surface area contributed by atoms with Crippen LogP contribution in [0.1, 0.15) is 46.8 Å². The van der Waals surface area contributed by atoms with E-state index >= 15 is 8.78 Å². The highest BCUT2D eigenvalue weighted by molar-refractivity contribution is 5.94. The highest BCUT2D eigenvalue weighted by atomic mass is 19.1. The fourth-order valence-corrected chi connectivity index (χ4v) is 4.43. The van der Waals surface area contributed by atoms with Crippen LogP contribution < -0.4 is 10.3 Å². The minimum Gasteiger partial charge on any atom is -0.477 e. The molecule has 2 fully saturated rings. The summed E-state index contributed by atoms with van der Waals surface area (Å²) in [4.78, 5) is 30.3. The number of nitrogens with zero attached hydrogens (tertiary/aromatic N) is 3. The summed E-state index contributed by atoms with van der Waals surface area (Å²) < 4.78 is 32.3. The SMILES string of the molecule is Cc1ccc(C=NC2CCN(c3c(F)cc4c(=O)c(C(=O)O)cn(C5CC5)c4c3F)C2)cc1. The number of carbonyl (C=O) groups is 1. The van der Waals surface area contributed by atoms with Crippen molar-refractivity contribution in [1.29, 1.82) is 0 Å². The van der Waals surface area contributed by atoms with E-state index in [1.165, 1.54) is 10.8 Å². The van der Waals surface area contributed by atoms with Crippen LogP contribution in [0.25, 0.3) is 10.9 Å². The average molecular weight is 451 g/mol. The number of hydrogen-bond donors (Lipinski definition) is 1. The Kier molecular flexibility index (Phi) is 5.23. The third-order valence-electron chi connectivity index (χ3n) is 6.35. The van der Waals surface area contributed by atoms with Crippen molar-refractivity contribution < 1.29 is 18.7 Å². The minimum absolute atomic E-state index is 0.0319. The van der Waals surface area contributed by atoms with Gasteiger partial charge in [-0.15, -0.1) is 0 Å². The number of aliphatic imine (C=N–C) groups is 1. The van der Waals surface area contributed by atoms with Crippen LogP contribution in [0.3, 0.4) is 0 Å². The van der Waals surface area contributed by atoms with Gasteiger partial charge < -0.3 is 14.6 Å². The Labute approximate surface area is 188 Å². The largest absolute Gasteiger partial charge is 0.477 e. The number of benzene rings is 2. The smallest absolute Gasteiger partial charge is 0.341 e. The molecule has 33 heavy (non-hydrogen) atoms. The van der Waals surface area contributed by atoms with Crippen LogP contribution in [-0.4, -0.2) is 41.0 Å². The first kappa shape index (κ1) is 21.3. The van der Waals surface area contributed by atoms with Crippen molar-refractivity contribution in [3.63, 3.8) is 0 Å². The van der Waals surface area contributed by atoms with Gasteiger partial charge in [-0.05, 0) is 37.8 Å². The summed E-state index contributed by atoms with van der Waals surface area (Å²) in [6.07, 6.45) is 5.12. The highest BCUT2D eigenvalue weighted by Gasteiger charge is 2.32. The molecule has 2 aliphatic rings. The number of halogens is 2. The Morgan fingerprint density at radius 1 is 1.18 bits per heavy atom.